The Morgan fingerprint density at radius 2 is 1.91 bits per heavy atom. The zero-order chi connectivity index (χ0) is 32.6. The number of aromatic nitrogens is 1. The maximum atomic E-state index is 14.1. The predicted molar refractivity (Wildman–Crippen MR) is 171 cm³/mol. The molecule has 4 N–H and O–H groups in total. The number of pyridine rings is 1. The first kappa shape index (κ1) is 33.7. The van der Waals surface area contributed by atoms with Crippen LogP contribution in [0.15, 0.2) is 54.7 Å². The van der Waals surface area contributed by atoms with Gasteiger partial charge in [0.05, 0.1) is 5.56 Å². The van der Waals surface area contributed by atoms with Crippen LogP contribution in [0.4, 0.5) is 29.5 Å². The molecule has 9 nitrogen and oxygen atoms in total. The van der Waals surface area contributed by atoms with Crippen LogP contribution in [0.25, 0.3) is 11.1 Å². The van der Waals surface area contributed by atoms with Gasteiger partial charge in [0.2, 0.25) is 6.41 Å². The van der Waals surface area contributed by atoms with Crippen LogP contribution in [-0.2, 0) is 17.5 Å². The Hall–Kier alpha value is -4.16. The molecule has 240 valence electrons. The number of amides is 3. The molecule has 2 aromatic carbocycles. The highest BCUT2D eigenvalue weighted by Gasteiger charge is 2.37. The van der Waals surface area contributed by atoms with Gasteiger partial charge < -0.3 is 15.5 Å². The minimum absolute atomic E-state index is 0.0257. The normalized spacial score (nSPS) is 13.8. The van der Waals surface area contributed by atoms with Crippen LogP contribution in [0.5, 0.6) is 0 Å². The van der Waals surface area contributed by atoms with Crippen molar-refractivity contribution in [1.82, 2.24) is 20.5 Å². The Balaban J connectivity index is 1.38. The number of nitrogens with one attached hydrogen (secondary N) is 4. The van der Waals surface area contributed by atoms with Crippen molar-refractivity contribution in [2.24, 2.45) is 5.92 Å². The number of carbonyl (C=O) groups excluding carboxylic acids is 2. The SMILES string of the molecule is CCCN(C(=N)c1cc(CNCC2CCN(c3ncc(-c4cccc(Cl)c4)cc3C(F)(F)F)CC2)ccc1NC)C(=O)NC=O. The number of piperidine rings is 1. The van der Waals surface area contributed by atoms with Crippen molar-refractivity contribution in [2.75, 3.05) is 43.4 Å². The summed E-state index contributed by atoms with van der Waals surface area (Å²) in [5, 5.41) is 17.7. The van der Waals surface area contributed by atoms with Crippen molar-refractivity contribution in [3.05, 3.63) is 76.4 Å². The van der Waals surface area contributed by atoms with Crippen molar-refractivity contribution >= 4 is 41.4 Å². The molecule has 0 unspecified atom stereocenters. The molecule has 1 saturated heterocycles. The van der Waals surface area contributed by atoms with E-state index in [-0.39, 0.29) is 24.1 Å². The number of benzene rings is 2. The quantitative estimate of drug-likeness (QED) is 0.110. The predicted octanol–water partition coefficient (Wildman–Crippen LogP) is 6.37. The Labute approximate surface area is 265 Å². The summed E-state index contributed by atoms with van der Waals surface area (Å²) in [6, 6.07) is 12.8. The lowest BCUT2D eigenvalue weighted by Gasteiger charge is -2.34. The van der Waals surface area contributed by atoms with Gasteiger partial charge in [-0.05, 0) is 73.2 Å². The first-order chi connectivity index (χ1) is 21.5. The summed E-state index contributed by atoms with van der Waals surface area (Å²) in [4.78, 5) is 30.4. The zero-order valence-electron chi connectivity index (χ0n) is 25.2. The fourth-order valence-corrected chi connectivity index (χ4v) is 5.63. The molecule has 3 aromatic rings. The first-order valence-corrected chi connectivity index (χ1v) is 15.1. The molecule has 2 heterocycles. The Morgan fingerprint density at radius 1 is 1.16 bits per heavy atom. The van der Waals surface area contributed by atoms with Gasteiger partial charge in [-0.15, -0.1) is 0 Å². The molecule has 0 saturated carbocycles. The summed E-state index contributed by atoms with van der Waals surface area (Å²) in [5.41, 5.74) is 2.26. The van der Waals surface area contributed by atoms with Gasteiger partial charge in [-0.3, -0.25) is 20.4 Å². The van der Waals surface area contributed by atoms with Crippen LogP contribution in [0, 0.1) is 11.3 Å². The molecule has 0 bridgehead atoms. The van der Waals surface area contributed by atoms with E-state index in [4.69, 9.17) is 17.0 Å². The van der Waals surface area contributed by atoms with Crippen molar-refractivity contribution in [2.45, 2.75) is 38.9 Å². The third-order valence-electron chi connectivity index (χ3n) is 7.76. The number of amidine groups is 1. The number of nitrogens with zero attached hydrogens (tertiary/aromatic N) is 3. The number of imide groups is 1. The maximum Gasteiger partial charge on any atom is 0.419 e. The minimum atomic E-state index is -4.56. The number of urea groups is 1. The fourth-order valence-electron chi connectivity index (χ4n) is 5.44. The highest BCUT2D eigenvalue weighted by atomic mass is 35.5. The molecule has 1 aromatic heterocycles. The van der Waals surface area contributed by atoms with E-state index in [0.717, 1.165) is 11.6 Å². The van der Waals surface area contributed by atoms with Gasteiger partial charge >= 0.3 is 12.2 Å². The summed E-state index contributed by atoms with van der Waals surface area (Å²) < 4.78 is 42.3. The van der Waals surface area contributed by atoms with Crippen molar-refractivity contribution in [1.29, 1.82) is 5.41 Å². The standard InChI is InChI=1S/C32H37ClF3N7O2/c1-3-11-43(31(45)41-20-44)29(37)26-14-22(7-8-28(26)38-2)18-39-17-21-9-12-42(13-10-21)30-27(32(34,35)36)16-24(19-40-30)23-5-4-6-25(33)15-23/h4-8,14-16,19-21,37-39H,3,9-13,17-18H2,1-2H3,(H,41,44,45). The molecule has 0 spiro atoms. The fraction of sp³-hybridized carbons (Fsp3) is 0.375. The number of rotatable bonds is 11. The van der Waals surface area contributed by atoms with Crippen LogP contribution < -0.4 is 20.9 Å². The average molecular weight is 644 g/mol. The summed E-state index contributed by atoms with van der Waals surface area (Å²) in [6.07, 6.45) is -0.785. The Kier molecular flexibility index (Phi) is 11.4. The van der Waals surface area contributed by atoms with Crippen LogP contribution in [0.1, 0.15) is 42.9 Å². The smallest absolute Gasteiger partial charge is 0.388 e. The second-order valence-corrected chi connectivity index (χ2v) is 11.3. The topological polar surface area (TPSA) is 113 Å². The van der Waals surface area contributed by atoms with E-state index in [1.807, 2.05) is 25.1 Å². The van der Waals surface area contributed by atoms with Crippen molar-refractivity contribution < 1.29 is 22.8 Å². The van der Waals surface area contributed by atoms with E-state index in [2.05, 4.69) is 20.9 Å². The number of carbonyl (C=O) groups is 2. The van der Waals surface area contributed by atoms with E-state index in [1.165, 1.54) is 11.1 Å². The zero-order valence-corrected chi connectivity index (χ0v) is 25.9. The second-order valence-electron chi connectivity index (χ2n) is 10.9. The van der Waals surface area contributed by atoms with E-state index < -0.39 is 17.8 Å². The van der Waals surface area contributed by atoms with E-state index in [1.54, 1.807) is 36.2 Å². The van der Waals surface area contributed by atoms with Crippen LogP contribution in [0.3, 0.4) is 0 Å². The molecule has 1 fully saturated rings. The average Bonchev–Trinajstić information content (AvgIpc) is 3.03. The van der Waals surface area contributed by atoms with Gasteiger partial charge in [0.15, 0.2) is 0 Å². The van der Waals surface area contributed by atoms with Gasteiger partial charge in [0.25, 0.3) is 0 Å². The molecular weight excluding hydrogens is 607 g/mol. The van der Waals surface area contributed by atoms with E-state index in [9.17, 15) is 22.8 Å². The number of hydrogen-bond donors (Lipinski definition) is 4. The van der Waals surface area contributed by atoms with Gasteiger partial charge in [0.1, 0.15) is 11.7 Å². The lowest BCUT2D eigenvalue weighted by molar-refractivity contribution is -0.137. The molecule has 0 atom stereocenters. The van der Waals surface area contributed by atoms with Crippen molar-refractivity contribution in [3.8, 4) is 11.1 Å². The number of hydrogen-bond acceptors (Lipinski definition) is 7. The summed E-state index contributed by atoms with van der Waals surface area (Å²) in [7, 11) is 1.73. The molecule has 1 aliphatic heterocycles. The van der Waals surface area contributed by atoms with Gasteiger partial charge in [-0.25, -0.2) is 9.78 Å². The summed E-state index contributed by atoms with van der Waals surface area (Å²) >= 11 is 6.04. The van der Waals surface area contributed by atoms with Gasteiger partial charge in [0, 0.05) is 61.3 Å². The number of halogens is 4. The minimum Gasteiger partial charge on any atom is -0.388 e. The van der Waals surface area contributed by atoms with Gasteiger partial charge in [-0.2, -0.15) is 13.2 Å². The van der Waals surface area contributed by atoms with Crippen molar-refractivity contribution in [3.63, 3.8) is 0 Å². The lowest BCUT2D eigenvalue weighted by atomic mass is 9.96. The first-order valence-electron chi connectivity index (χ1n) is 14.8. The molecule has 0 radical (unpaired) electrons. The number of anilines is 2. The third-order valence-corrected chi connectivity index (χ3v) is 7.99. The highest BCUT2D eigenvalue weighted by molar-refractivity contribution is 6.30. The maximum absolute atomic E-state index is 14.1. The molecule has 4 rings (SSSR count). The molecule has 1 aliphatic rings. The Morgan fingerprint density at radius 3 is 2.56 bits per heavy atom. The molecule has 13 heteroatoms. The second kappa shape index (κ2) is 15.2. The molecule has 45 heavy (non-hydrogen) atoms. The lowest BCUT2D eigenvalue weighted by Crippen LogP contribution is -2.44. The van der Waals surface area contributed by atoms with Crippen LogP contribution in [0.2, 0.25) is 5.02 Å². The molecular formula is C32H37ClF3N7O2. The summed E-state index contributed by atoms with van der Waals surface area (Å²) in [6.45, 7) is 4.23. The largest absolute Gasteiger partial charge is 0.419 e. The Bertz CT molecular complexity index is 1510. The summed E-state index contributed by atoms with van der Waals surface area (Å²) in [5.74, 6) is 0.184. The van der Waals surface area contributed by atoms with Gasteiger partial charge in [-0.1, -0.05) is 36.7 Å². The van der Waals surface area contributed by atoms with E-state index >= 15 is 0 Å². The highest BCUT2D eigenvalue weighted by Crippen LogP contribution is 2.39. The number of alkyl halides is 3. The van der Waals surface area contributed by atoms with E-state index in [0.29, 0.717) is 79.3 Å². The van der Waals surface area contributed by atoms with Crippen LogP contribution >= 0.6 is 11.6 Å². The van der Waals surface area contributed by atoms with Crippen LogP contribution in [-0.4, -0.2) is 61.4 Å². The molecule has 3 amide bonds. The third kappa shape index (κ3) is 8.52. The molecule has 0 aliphatic carbocycles. The monoisotopic (exact) mass is 643 g/mol.